The van der Waals surface area contributed by atoms with Crippen molar-refractivity contribution < 1.29 is 46.3 Å². The fourth-order valence-electron chi connectivity index (χ4n) is 7.36. The topological polar surface area (TPSA) is 181 Å². The Morgan fingerprint density at radius 1 is 1.07 bits per heavy atom. The van der Waals surface area contributed by atoms with Gasteiger partial charge in [0.1, 0.15) is 35.1 Å². The van der Waals surface area contributed by atoms with Crippen molar-refractivity contribution in [2.45, 2.75) is 120 Å². The third kappa shape index (κ3) is 9.12. The molecule has 1 saturated carbocycles. The summed E-state index contributed by atoms with van der Waals surface area (Å²) in [5, 5.41) is 5.62. The normalized spacial score (nSPS) is 26.0. The van der Waals surface area contributed by atoms with Crippen molar-refractivity contribution in [3.8, 4) is 0 Å². The van der Waals surface area contributed by atoms with Gasteiger partial charge in [0.15, 0.2) is 0 Å². The van der Waals surface area contributed by atoms with Gasteiger partial charge in [-0.05, 0) is 82.7 Å². The molecule has 56 heavy (non-hydrogen) atoms. The largest absolute Gasteiger partial charge is 0.444 e. The summed E-state index contributed by atoms with van der Waals surface area (Å²) in [6.45, 7) is 6.62. The van der Waals surface area contributed by atoms with E-state index in [0.717, 1.165) is 6.42 Å². The first-order valence-corrected chi connectivity index (χ1v) is 20.6. The van der Waals surface area contributed by atoms with Crippen molar-refractivity contribution in [3.05, 3.63) is 76.1 Å². The molecule has 0 unspecified atom stereocenters. The molecule has 0 aromatic heterocycles. The molecule has 2 aromatic rings. The Kier molecular flexibility index (Phi) is 11.7. The zero-order valence-corrected chi connectivity index (χ0v) is 33.3. The second kappa shape index (κ2) is 16.0. The number of carbonyl (C=O) groups excluding carboxylic acids is 5. The molecule has 0 spiro atoms. The first kappa shape index (κ1) is 40.9. The molecule has 4 aliphatic rings. The quantitative estimate of drug-likeness (QED) is 0.350. The minimum Gasteiger partial charge on any atom is -0.444 e. The molecule has 2 fully saturated rings. The highest BCUT2D eigenvalue weighted by Gasteiger charge is 2.62. The zero-order chi connectivity index (χ0) is 40.6. The van der Waals surface area contributed by atoms with Gasteiger partial charge in [0.25, 0.3) is 15.9 Å². The number of ether oxygens (including phenoxy) is 2. The molecule has 302 valence electrons. The number of halogens is 2. The number of aryl methyl sites for hydroxylation is 1. The Hall–Kier alpha value is -4.70. The van der Waals surface area contributed by atoms with E-state index in [0.29, 0.717) is 36.0 Å². The number of alkyl carbamates (subject to hydrolysis) is 1. The Morgan fingerprint density at radius 2 is 1.84 bits per heavy atom. The van der Waals surface area contributed by atoms with Crippen molar-refractivity contribution in [2.24, 2.45) is 5.92 Å². The zero-order valence-electron chi connectivity index (χ0n) is 31.7. The van der Waals surface area contributed by atoms with Gasteiger partial charge in [-0.25, -0.2) is 27.1 Å². The predicted octanol–water partition coefficient (Wildman–Crippen LogP) is 5.00. The summed E-state index contributed by atoms with van der Waals surface area (Å²) in [6, 6.07) is 6.23. The molecule has 5 amide bonds. The van der Waals surface area contributed by atoms with Crippen molar-refractivity contribution in [2.75, 3.05) is 6.54 Å². The fourth-order valence-corrected chi connectivity index (χ4v) is 8.66. The maximum atomic E-state index is 14.5. The van der Waals surface area contributed by atoms with E-state index in [1.54, 1.807) is 45.9 Å². The highest BCUT2D eigenvalue weighted by atomic mass is 35.5. The van der Waals surface area contributed by atoms with Crippen LogP contribution in [0.3, 0.4) is 0 Å². The molecule has 3 N–H and O–H groups in total. The average Bonchev–Trinajstić information content (AvgIpc) is 3.41. The number of hydrogen-bond acceptors (Lipinski definition) is 9. The van der Waals surface area contributed by atoms with Gasteiger partial charge in [-0.3, -0.25) is 19.3 Å². The van der Waals surface area contributed by atoms with Crippen LogP contribution in [0.2, 0.25) is 5.02 Å². The Morgan fingerprint density at radius 3 is 2.55 bits per heavy atom. The van der Waals surface area contributed by atoms with E-state index in [1.165, 1.54) is 34.1 Å². The lowest BCUT2D eigenvalue weighted by Gasteiger charge is -2.30. The third-order valence-corrected chi connectivity index (χ3v) is 12.2. The average molecular weight is 816 g/mol. The molecular formula is C39H47ClFN5O9S. The minimum absolute atomic E-state index is 0.0216. The Bertz CT molecular complexity index is 2060. The summed E-state index contributed by atoms with van der Waals surface area (Å²) in [5.74, 6) is -3.38. The van der Waals surface area contributed by atoms with Gasteiger partial charge in [-0.2, -0.15) is 0 Å². The smallest absolute Gasteiger partial charge is 0.410 e. The van der Waals surface area contributed by atoms with Gasteiger partial charge in [0.05, 0.1) is 18.0 Å². The van der Waals surface area contributed by atoms with Crippen LogP contribution < -0.4 is 15.4 Å². The number of nitrogens with zero attached hydrogens (tertiary/aromatic N) is 2. The van der Waals surface area contributed by atoms with Crippen molar-refractivity contribution in [1.82, 2.24) is 25.2 Å². The number of rotatable bonds is 5. The van der Waals surface area contributed by atoms with Gasteiger partial charge in [-0.15, -0.1) is 0 Å². The molecule has 3 aliphatic heterocycles. The van der Waals surface area contributed by atoms with E-state index in [9.17, 15) is 36.8 Å². The lowest BCUT2D eigenvalue weighted by molar-refractivity contribution is -0.141. The summed E-state index contributed by atoms with van der Waals surface area (Å²) in [4.78, 5) is 71.3. The van der Waals surface area contributed by atoms with Crippen LogP contribution >= 0.6 is 11.6 Å². The van der Waals surface area contributed by atoms with Crippen LogP contribution in [0.5, 0.6) is 0 Å². The number of fused-ring (bicyclic) bond motifs is 3. The van der Waals surface area contributed by atoms with Crippen LogP contribution in [0.4, 0.5) is 14.0 Å². The number of sulfonamides is 1. The molecule has 0 bridgehead atoms. The summed E-state index contributed by atoms with van der Waals surface area (Å²) >= 11 is 6.18. The fraction of sp³-hybridized carbons (Fsp3) is 0.513. The van der Waals surface area contributed by atoms with Crippen molar-refractivity contribution >= 4 is 51.5 Å². The molecule has 14 nitrogen and oxygen atoms in total. The van der Waals surface area contributed by atoms with E-state index < -0.39 is 81.0 Å². The predicted molar refractivity (Wildman–Crippen MR) is 202 cm³/mol. The third-order valence-electron chi connectivity index (χ3n) is 10.5. The standard InChI is InChI=1S/C39H47ClFN5O9S/c1-23-15-16-27(18-29(23)40)56(52,53)44-35(49)39-19-25(39)12-8-6-5-7-9-14-31(42-36(50)55-38(2,3)4)34(48)46-21-26(17-32(46)33(47)43-39)54-37(51)45-20-24-11-10-13-30(41)28(24)22-45/h8,10-13,15-16,18,25-26,31-32H,5-7,9,14,17,19-22H2,1-4H3,(H,42,50)(H,43,47)(H,44,49)/b12-8-/t25-,26-,31+,32+,39-/m1/s1. The van der Waals surface area contributed by atoms with Gasteiger partial charge in [0.2, 0.25) is 11.8 Å². The number of hydrogen-bond donors (Lipinski definition) is 3. The van der Waals surface area contributed by atoms with Gasteiger partial charge < -0.3 is 25.0 Å². The van der Waals surface area contributed by atoms with Crippen LogP contribution in [0.15, 0.2) is 53.4 Å². The number of amides is 5. The second-order valence-corrected chi connectivity index (χ2v) is 18.0. The Balaban J connectivity index is 1.27. The monoisotopic (exact) mass is 815 g/mol. The molecule has 17 heteroatoms. The van der Waals surface area contributed by atoms with E-state index >= 15 is 0 Å². The van der Waals surface area contributed by atoms with Crippen molar-refractivity contribution in [1.29, 1.82) is 0 Å². The summed E-state index contributed by atoms with van der Waals surface area (Å²) < 4.78 is 54.6. The van der Waals surface area contributed by atoms with Crippen molar-refractivity contribution in [3.63, 3.8) is 0 Å². The van der Waals surface area contributed by atoms with E-state index in [1.807, 2.05) is 6.08 Å². The van der Waals surface area contributed by atoms with Crippen LogP contribution in [0, 0.1) is 18.7 Å². The number of benzene rings is 2. The number of nitrogens with one attached hydrogen (secondary N) is 3. The maximum absolute atomic E-state index is 14.5. The molecule has 3 heterocycles. The summed E-state index contributed by atoms with van der Waals surface area (Å²) in [6.07, 6.45) is 3.78. The maximum Gasteiger partial charge on any atom is 0.410 e. The van der Waals surface area contributed by atoms with Crippen LogP contribution in [-0.2, 0) is 47.0 Å². The van der Waals surface area contributed by atoms with Gasteiger partial charge in [-0.1, -0.05) is 54.8 Å². The van der Waals surface area contributed by atoms with Crippen LogP contribution in [0.1, 0.15) is 82.4 Å². The molecule has 5 atom stereocenters. The number of carbonyl (C=O) groups is 5. The van der Waals surface area contributed by atoms with E-state index in [2.05, 4.69) is 15.4 Å². The van der Waals surface area contributed by atoms with Crippen LogP contribution in [0.25, 0.3) is 0 Å². The highest BCUT2D eigenvalue weighted by molar-refractivity contribution is 7.90. The lowest BCUT2D eigenvalue weighted by atomic mass is 10.0. The van der Waals surface area contributed by atoms with E-state index in [4.69, 9.17) is 21.1 Å². The van der Waals surface area contributed by atoms with E-state index in [-0.39, 0.29) is 48.8 Å². The molecule has 2 aromatic carbocycles. The molecule has 0 radical (unpaired) electrons. The molecular weight excluding hydrogens is 769 g/mol. The Labute approximate surface area is 330 Å². The minimum atomic E-state index is -4.42. The van der Waals surface area contributed by atoms with Crippen LogP contribution in [-0.4, -0.2) is 84.0 Å². The molecule has 6 rings (SSSR count). The SMILES string of the molecule is Cc1ccc(S(=O)(=O)NC(=O)[C@@]23C[C@H]2/C=C\CCCCC[C@H](NC(=O)OC(C)(C)C)C(=O)N2C[C@H](OC(=O)N4Cc5cccc(F)c5C4)C[C@H]2C(=O)N3)cc1Cl. The number of allylic oxidation sites excluding steroid dienone is 1. The molecule has 1 aliphatic carbocycles. The summed E-state index contributed by atoms with van der Waals surface area (Å²) in [7, 11) is -4.42. The second-order valence-electron chi connectivity index (χ2n) is 15.9. The first-order valence-electron chi connectivity index (χ1n) is 18.7. The summed E-state index contributed by atoms with van der Waals surface area (Å²) in [5.41, 5.74) is -0.895. The highest BCUT2D eigenvalue weighted by Crippen LogP contribution is 2.46. The lowest BCUT2D eigenvalue weighted by Crippen LogP contribution is -2.58. The first-order chi connectivity index (χ1) is 26.4. The van der Waals surface area contributed by atoms with Gasteiger partial charge >= 0.3 is 12.2 Å². The molecule has 1 saturated heterocycles. The van der Waals surface area contributed by atoms with Gasteiger partial charge in [0, 0.05) is 29.5 Å².